The highest BCUT2D eigenvalue weighted by molar-refractivity contribution is 7.99. The zero-order chi connectivity index (χ0) is 20.4. The van der Waals surface area contributed by atoms with Gasteiger partial charge in [-0.05, 0) is 50.1 Å². The van der Waals surface area contributed by atoms with Crippen LogP contribution in [0.5, 0.6) is 11.5 Å². The number of hydrogen-bond acceptors (Lipinski definition) is 7. The van der Waals surface area contributed by atoms with Gasteiger partial charge in [0.2, 0.25) is 11.1 Å². The number of rotatable bonds is 7. The predicted octanol–water partition coefficient (Wildman–Crippen LogP) is 4.21. The highest BCUT2D eigenvalue weighted by Gasteiger charge is 2.37. The molecule has 0 saturated heterocycles. The lowest BCUT2D eigenvalue weighted by Gasteiger charge is -2.32. The fourth-order valence-corrected chi connectivity index (χ4v) is 4.43. The Bertz CT molecular complexity index is 953. The summed E-state index contributed by atoms with van der Waals surface area (Å²) in [6, 6.07) is 5.56. The molecule has 1 aromatic heterocycles. The molecule has 154 valence electrons. The van der Waals surface area contributed by atoms with E-state index in [4.69, 9.17) is 14.6 Å². The van der Waals surface area contributed by atoms with Crippen LogP contribution in [0.2, 0.25) is 0 Å². The van der Waals surface area contributed by atoms with Crippen LogP contribution in [-0.2, 0) is 4.79 Å². The maximum absolute atomic E-state index is 12.9. The summed E-state index contributed by atoms with van der Waals surface area (Å²) in [7, 11) is 0. The number of Topliss-reactive ketones (excluding diaryl/α,β-unsaturated/α-hetero) is 1. The van der Waals surface area contributed by atoms with Crippen molar-refractivity contribution < 1.29 is 14.3 Å². The van der Waals surface area contributed by atoms with E-state index < -0.39 is 0 Å². The maximum Gasteiger partial charge on any atom is 0.227 e. The minimum Gasteiger partial charge on any atom is -0.490 e. The summed E-state index contributed by atoms with van der Waals surface area (Å²) in [5.74, 6) is 3.13. The van der Waals surface area contributed by atoms with Crippen LogP contribution in [0.15, 0.2) is 34.6 Å². The summed E-state index contributed by atoms with van der Waals surface area (Å²) in [6.07, 6.45) is 2.26. The monoisotopic (exact) mass is 414 g/mol. The van der Waals surface area contributed by atoms with Gasteiger partial charge in [-0.25, -0.2) is 4.68 Å². The molecule has 8 heteroatoms. The zero-order valence-corrected chi connectivity index (χ0v) is 17.8. The third-order valence-corrected chi connectivity index (χ3v) is 5.73. The summed E-state index contributed by atoms with van der Waals surface area (Å²) in [4.78, 5) is 17.6. The topological polar surface area (TPSA) is 78.3 Å². The summed E-state index contributed by atoms with van der Waals surface area (Å²) >= 11 is 1.59. The lowest BCUT2D eigenvalue weighted by molar-refractivity contribution is -0.116. The molecule has 1 aliphatic carbocycles. The molecule has 1 N–H and O–H groups in total. The van der Waals surface area contributed by atoms with Gasteiger partial charge in [0.1, 0.15) is 6.04 Å². The van der Waals surface area contributed by atoms with Crippen LogP contribution < -0.4 is 14.8 Å². The molecular weight excluding hydrogens is 388 g/mol. The van der Waals surface area contributed by atoms with Crippen molar-refractivity contribution in [1.82, 2.24) is 14.8 Å². The lowest BCUT2D eigenvalue weighted by atomic mass is 9.85. The van der Waals surface area contributed by atoms with E-state index in [0.29, 0.717) is 42.2 Å². The Morgan fingerprint density at radius 2 is 1.97 bits per heavy atom. The van der Waals surface area contributed by atoms with E-state index in [2.05, 4.69) is 17.2 Å². The molecule has 0 amide bonds. The minimum absolute atomic E-state index is 0.168. The van der Waals surface area contributed by atoms with E-state index in [9.17, 15) is 4.79 Å². The molecule has 2 aliphatic rings. The first-order valence-electron chi connectivity index (χ1n) is 10.2. The number of benzene rings is 1. The van der Waals surface area contributed by atoms with Crippen molar-refractivity contribution in [2.24, 2.45) is 0 Å². The SMILES string of the molecule is CCOc1ccc(C2C3=C(CCCC3=O)Nc3nc(SCC)nn32)cc1OCC. The van der Waals surface area contributed by atoms with E-state index in [-0.39, 0.29) is 11.8 Å². The largest absolute Gasteiger partial charge is 0.490 e. The van der Waals surface area contributed by atoms with Crippen molar-refractivity contribution in [2.75, 3.05) is 24.3 Å². The molecule has 7 nitrogen and oxygen atoms in total. The summed E-state index contributed by atoms with van der Waals surface area (Å²) in [5.41, 5.74) is 2.69. The fraction of sp³-hybridized carbons (Fsp3) is 0.476. The van der Waals surface area contributed by atoms with Gasteiger partial charge in [0.25, 0.3) is 0 Å². The van der Waals surface area contributed by atoms with Gasteiger partial charge in [-0.2, -0.15) is 4.98 Å². The number of carbonyl (C=O) groups excluding carboxylic acids is 1. The van der Waals surface area contributed by atoms with Gasteiger partial charge in [0.05, 0.1) is 13.2 Å². The number of ether oxygens (including phenoxy) is 2. The summed E-state index contributed by atoms with van der Waals surface area (Å²) in [5, 5.41) is 8.78. The molecule has 0 fully saturated rings. The first-order chi connectivity index (χ1) is 14.2. The number of fused-ring (bicyclic) bond motifs is 1. The second-order valence-electron chi connectivity index (χ2n) is 6.86. The molecule has 0 saturated carbocycles. The van der Waals surface area contributed by atoms with Crippen LogP contribution in [-0.4, -0.2) is 39.5 Å². The van der Waals surface area contributed by atoms with E-state index >= 15 is 0 Å². The number of anilines is 1. The Labute approximate surface area is 174 Å². The second kappa shape index (κ2) is 8.49. The summed E-state index contributed by atoms with van der Waals surface area (Å²) in [6.45, 7) is 7.06. The van der Waals surface area contributed by atoms with Crippen molar-refractivity contribution in [2.45, 2.75) is 51.2 Å². The summed E-state index contributed by atoms with van der Waals surface area (Å²) < 4.78 is 13.4. The van der Waals surface area contributed by atoms with Crippen LogP contribution >= 0.6 is 11.8 Å². The van der Waals surface area contributed by atoms with Crippen LogP contribution in [0.1, 0.15) is 51.6 Å². The van der Waals surface area contributed by atoms with Gasteiger partial charge in [-0.1, -0.05) is 24.8 Å². The Hall–Kier alpha value is -2.48. The van der Waals surface area contributed by atoms with Gasteiger partial charge in [0, 0.05) is 17.7 Å². The van der Waals surface area contributed by atoms with Crippen LogP contribution in [0.4, 0.5) is 5.95 Å². The number of thioether (sulfide) groups is 1. The highest BCUT2D eigenvalue weighted by Crippen LogP contribution is 2.42. The van der Waals surface area contributed by atoms with Crippen molar-refractivity contribution in [3.8, 4) is 11.5 Å². The molecule has 0 radical (unpaired) electrons. The van der Waals surface area contributed by atoms with E-state index in [1.54, 1.807) is 11.8 Å². The number of ketones is 1. The molecule has 29 heavy (non-hydrogen) atoms. The Balaban J connectivity index is 1.84. The lowest BCUT2D eigenvalue weighted by Crippen LogP contribution is -2.31. The number of nitrogens with one attached hydrogen (secondary N) is 1. The van der Waals surface area contributed by atoms with Gasteiger partial charge in [-0.15, -0.1) is 5.10 Å². The number of carbonyl (C=O) groups is 1. The normalized spacial score (nSPS) is 18.2. The van der Waals surface area contributed by atoms with Crippen LogP contribution in [0, 0.1) is 0 Å². The number of aromatic nitrogens is 3. The predicted molar refractivity (Wildman–Crippen MR) is 113 cm³/mol. The molecule has 2 heterocycles. The van der Waals surface area contributed by atoms with Crippen LogP contribution in [0.25, 0.3) is 0 Å². The molecule has 0 spiro atoms. The first-order valence-corrected chi connectivity index (χ1v) is 11.2. The fourth-order valence-electron chi connectivity index (χ4n) is 3.87. The maximum atomic E-state index is 12.9. The quantitative estimate of drug-likeness (QED) is 0.680. The first kappa shape index (κ1) is 19.8. The molecule has 0 bridgehead atoms. The standard InChI is InChI=1S/C21H26N4O3S/c1-4-27-16-11-10-13(12-17(16)28-5-2)19-18-14(8-7-9-15(18)26)22-20-23-21(29-6-3)24-25(19)20/h10-12,19H,4-9H2,1-3H3,(H,22,23,24). The molecular formula is C21H26N4O3S. The third-order valence-electron chi connectivity index (χ3n) is 5.01. The van der Waals surface area contributed by atoms with Gasteiger partial charge < -0.3 is 14.8 Å². The van der Waals surface area contributed by atoms with E-state index in [0.717, 1.165) is 35.4 Å². The molecule has 1 unspecified atom stereocenters. The van der Waals surface area contributed by atoms with Crippen LogP contribution in [0.3, 0.4) is 0 Å². The third kappa shape index (κ3) is 3.73. The number of allylic oxidation sites excluding steroid dienone is 2. The van der Waals surface area contributed by atoms with Crippen molar-refractivity contribution in [3.05, 3.63) is 35.0 Å². The molecule has 1 atom stereocenters. The van der Waals surface area contributed by atoms with Crippen molar-refractivity contribution in [1.29, 1.82) is 0 Å². The Kier molecular flexibility index (Phi) is 5.80. The Morgan fingerprint density at radius 3 is 2.72 bits per heavy atom. The van der Waals surface area contributed by atoms with Crippen molar-refractivity contribution in [3.63, 3.8) is 0 Å². The Morgan fingerprint density at radius 1 is 1.17 bits per heavy atom. The van der Waals surface area contributed by atoms with E-state index in [1.165, 1.54) is 0 Å². The molecule has 1 aromatic carbocycles. The zero-order valence-electron chi connectivity index (χ0n) is 17.0. The highest BCUT2D eigenvalue weighted by atomic mass is 32.2. The number of hydrogen-bond donors (Lipinski definition) is 1. The van der Waals surface area contributed by atoms with E-state index in [1.807, 2.05) is 36.7 Å². The molecule has 2 aromatic rings. The average Bonchev–Trinajstić information content (AvgIpc) is 3.10. The number of nitrogens with zero attached hydrogens (tertiary/aromatic N) is 3. The van der Waals surface area contributed by atoms with Gasteiger partial charge in [-0.3, -0.25) is 4.79 Å². The van der Waals surface area contributed by atoms with Gasteiger partial charge in [0.15, 0.2) is 17.3 Å². The minimum atomic E-state index is -0.317. The molecule has 1 aliphatic heterocycles. The van der Waals surface area contributed by atoms with Crippen molar-refractivity contribution >= 4 is 23.5 Å². The smallest absolute Gasteiger partial charge is 0.227 e. The van der Waals surface area contributed by atoms with Gasteiger partial charge >= 0.3 is 0 Å². The second-order valence-corrected chi connectivity index (χ2v) is 8.10. The average molecular weight is 415 g/mol. The molecule has 4 rings (SSSR count).